The standard InChI is InChI=1S/C18H22N4O4/c1-24-11-12-26-18-15(3-2-6-19-18)17(23)21-16-5-4-14(13-20-16)22-7-9-25-10-8-22/h2-6,13H,7-12H2,1H3,(H,20,21,23). The number of amides is 1. The normalized spacial score (nSPS) is 14.1. The van der Waals surface area contributed by atoms with Crippen molar-refractivity contribution in [2.24, 2.45) is 0 Å². The minimum absolute atomic E-state index is 0.270. The van der Waals surface area contributed by atoms with E-state index in [1.807, 2.05) is 6.07 Å². The lowest BCUT2D eigenvalue weighted by Gasteiger charge is -2.28. The van der Waals surface area contributed by atoms with E-state index in [-0.39, 0.29) is 11.8 Å². The van der Waals surface area contributed by atoms with Crippen molar-refractivity contribution in [1.82, 2.24) is 9.97 Å². The Kier molecular flexibility index (Phi) is 6.34. The number of carbonyl (C=O) groups excluding carboxylic acids is 1. The van der Waals surface area contributed by atoms with Gasteiger partial charge in [0.1, 0.15) is 18.0 Å². The molecule has 2 aromatic heterocycles. The Hall–Kier alpha value is -2.71. The predicted molar refractivity (Wildman–Crippen MR) is 96.8 cm³/mol. The van der Waals surface area contributed by atoms with E-state index in [1.165, 1.54) is 0 Å². The lowest BCUT2D eigenvalue weighted by molar-refractivity contribution is 0.101. The Bertz CT molecular complexity index is 717. The summed E-state index contributed by atoms with van der Waals surface area (Å²) >= 11 is 0. The summed E-state index contributed by atoms with van der Waals surface area (Å²) in [6.45, 7) is 3.84. The summed E-state index contributed by atoms with van der Waals surface area (Å²) in [6, 6.07) is 7.07. The molecule has 0 saturated carbocycles. The van der Waals surface area contributed by atoms with Gasteiger partial charge < -0.3 is 24.4 Å². The van der Waals surface area contributed by atoms with E-state index >= 15 is 0 Å². The van der Waals surface area contributed by atoms with Gasteiger partial charge in [-0.15, -0.1) is 0 Å². The SMILES string of the molecule is COCCOc1ncccc1C(=O)Nc1ccc(N2CCOCC2)cn1. The van der Waals surface area contributed by atoms with Crippen molar-refractivity contribution >= 4 is 17.4 Å². The van der Waals surface area contributed by atoms with Crippen LogP contribution in [0.3, 0.4) is 0 Å². The van der Waals surface area contributed by atoms with E-state index in [0.717, 1.165) is 18.8 Å². The maximum absolute atomic E-state index is 12.5. The van der Waals surface area contributed by atoms with Crippen molar-refractivity contribution < 1.29 is 19.0 Å². The molecule has 1 N–H and O–H groups in total. The van der Waals surface area contributed by atoms with Crippen LogP contribution in [0, 0.1) is 0 Å². The summed E-state index contributed by atoms with van der Waals surface area (Å²) in [5, 5.41) is 2.77. The molecule has 1 amide bonds. The second kappa shape index (κ2) is 9.12. The van der Waals surface area contributed by atoms with Crippen LogP contribution in [0.15, 0.2) is 36.7 Å². The molecule has 26 heavy (non-hydrogen) atoms. The zero-order valence-electron chi connectivity index (χ0n) is 14.7. The number of anilines is 2. The average molecular weight is 358 g/mol. The van der Waals surface area contributed by atoms with Crippen LogP contribution in [-0.4, -0.2) is 62.5 Å². The number of rotatable bonds is 7. The molecule has 1 fully saturated rings. The lowest BCUT2D eigenvalue weighted by atomic mass is 10.2. The molecule has 1 aliphatic heterocycles. The number of nitrogens with zero attached hydrogens (tertiary/aromatic N) is 3. The van der Waals surface area contributed by atoms with E-state index in [2.05, 4.69) is 20.2 Å². The first kappa shape index (κ1) is 18.1. The number of methoxy groups -OCH3 is 1. The highest BCUT2D eigenvalue weighted by atomic mass is 16.5. The molecule has 0 unspecified atom stereocenters. The highest BCUT2D eigenvalue weighted by Crippen LogP contribution is 2.19. The third-order valence-corrected chi connectivity index (χ3v) is 3.91. The molecule has 0 radical (unpaired) electrons. The van der Waals surface area contributed by atoms with Crippen LogP contribution >= 0.6 is 0 Å². The largest absolute Gasteiger partial charge is 0.475 e. The number of ether oxygens (including phenoxy) is 3. The third-order valence-electron chi connectivity index (χ3n) is 3.91. The van der Waals surface area contributed by atoms with Gasteiger partial charge in [-0.3, -0.25) is 4.79 Å². The predicted octanol–water partition coefficient (Wildman–Crippen LogP) is 1.59. The Labute approximate surface area is 152 Å². The molecule has 0 bridgehead atoms. The van der Waals surface area contributed by atoms with Gasteiger partial charge in [0.25, 0.3) is 5.91 Å². The number of hydrogen-bond acceptors (Lipinski definition) is 7. The van der Waals surface area contributed by atoms with Crippen molar-refractivity contribution in [2.75, 3.05) is 56.8 Å². The molecule has 0 atom stereocenters. The van der Waals surface area contributed by atoms with Crippen LogP contribution < -0.4 is 15.0 Å². The van der Waals surface area contributed by atoms with Crippen LogP contribution in [0.5, 0.6) is 5.88 Å². The minimum atomic E-state index is -0.322. The molecule has 138 valence electrons. The Morgan fingerprint density at radius 1 is 1.23 bits per heavy atom. The van der Waals surface area contributed by atoms with Gasteiger partial charge >= 0.3 is 0 Å². The van der Waals surface area contributed by atoms with Gasteiger partial charge in [-0.2, -0.15) is 0 Å². The maximum atomic E-state index is 12.5. The van der Waals surface area contributed by atoms with E-state index in [4.69, 9.17) is 14.2 Å². The Morgan fingerprint density at radius 2 is 2.08 bits per heavy atom. The van der Waals surface area contributed by atoms with E-state index < -0.39 is 0 Å². The summed E-state index contributed by atoms with van der Waals surface area (Å²) in [7, 11) is 1.58. The van der Waals surface area contributed by atoms with Crippen LogP contribution in [0.4, 0.5) is 11.5 Å². The van der Waals surface area contributed by atoms with Gasteiger partial charge in [0.2, 0.25) is 5.88 Å². The molecule has 3 heterocycles. The summed E-state index contributed by atoms with van der Waals surface area (Å²) in [5.41, 5.74) is 1.36. The zero-order valence-corrected chi connectivity index (χ0v) is 14.7. The van der Waals surface area contributed by atoms with Crippen molar-refractivity contribution in [3.63, 3.8) is 0 Å². The maximum Gasteiger partial charge on any atom is 0.262 e. The topological polar surface area (TPSA) is 85.8 Å². The molecule has 0 spiro atoms. The Balaban J connectivity index is 1.64. The molecule has 8 heteroatoms. The number of carbonyl (C=O) groups is 1. The fourth-order valence-electron chi connectivity index (χ4n) is 2.55. The van der Waals surface area contributed by atoms with E-state index in [0.29, 0.717) is 37.8 Å². The molecular formula is C18H22N4O4. The molecule has 3 rings (SSSR count). The minimum Gasteiger partial charge on any atom is -0.475 e. The van der Waals surface area contributed by atoms with E-state index in [1.54, 1.807) is 37.7 Å². The average Bonchev–Trinajstić information content (AvgIpc) is 2.70. The third kappa shape index (κ3) is 4.68. The second-order valence-electron chi connectivity index (χ2n) is 5.65. The summed E-state index contributed by atoms with van der Waals surface area (Å²) in [4.78, 5) is 23.2. The van der Waals surface area contributed by atoms with Gasteiger partial charge in [-0.25, -0.2) is 9.97 Å². The van der Waals surface area contributed by atoms with Crippen LogP contribution in [0.25, 0.3) is 0 Å². The van der Waals surface area contributed by atoms with Crippen molar-refractivity contribution in [1.29, 1.82) is 0 Å². The molecule has 1 saturated heterocycles. The van der Waals surface area contributed by atoms with Crippen LogP contribution in [0.2, 0.25) is 0 Å². The smallest absolute Gasteiger partial charge is 0.262 e. The van der Waals surface area contributed by atoms with E-state index in [9.17, 15) is 4.79 Å². The Morgan fingerprint density at radius 3 is 2.81 bits per heavy atom. The van der Waals surface area contributed by atoms with Gasteiger partial charge in [0.15, 0.2) is 0 Å². The van der Waals surface area contributed by atoms with Gasteiger partial charge in [0.05, 0.1) is 31.7 Å². The number of aromatic nitrogens is 2. The molecule has 8 nitrogen and oxygen atoms in total. The second-order valence-corrected chi connectivity index (χ2v) is 5.65. The number of pyridine rings is 2. The lowest BCUT2D eigenvalue weighted by Crippen LogP contribution is -2.36. The van der Waals surface area contributed by atoms with Crippen LogP contribution in [0.1, 0.15) is 10.4 Å². The quantitative estimate of drug-likeness (QED) is 0.752. The number of nitrogens with one attached hydrogen (secondary N) is 1. The van der Waals surface area contributed by atoms with Gasteiger partial charge in [-0.05, 0) is 24.3 Å². The first-order chi connectivity index (χ1) is 12.8. The van der Waals surface area contributed by atoms with Crippen molar-refractivity contribution in [3.8, 4) is 5.88 Å². The molecule has 2 aromatic rings. The highest BCUT2D eigenvalue weighted by Gasteiger charge is 2.15. The number of hydrogen-bond donors (Lipinski definition) is 1. The monoisotopic (exact) mass is 358 g/mol. The van der Waals surface area contributed by atoms with Gasteiger partial charge in [0, 0.05) is 26.4 Å². The first-order valence-corrected chi connectivity index (χ1v) is 8.45. The summed E-state index contributed by atoms with van der Waals surface area (Å²) in [5.74, 6) is 0.419. The molecular weight excluding hydrogens is 336 g/mol. The summed E-state index contributed by atoms with van der Waals surface area (Å²) < 4.78 is 15.8. The highest BCUT2D eigenvalue weighted by molar-refractivity contribution is 6.05. The number of morpholine rings is 1. The van der Waals surface area contributed by atoms with Gasteiger partial charge in [-0.1, -0.05) is 0 Å². The molecule has 0 aromatic carbocycles. The first-order valence-electron chi connectivity index (χ1n) is 8.45. The fraction of sp³-hybridized carbons (Fsp3) is 0.389. The van der Waals surface area contributed by atoms with Crippen LogP contribution in [-0.2, 0) is 9.47 Å². The summed E-state index contributed by atoms with van der Waals surface area (Å²) in [6.07, 6.45) is 3.33. The molecule has 0 aliphatic carbocycles. The fourth-order valence-corrected chi connectivity index (χ4v) is 2.55. The molecule has 1 aliphatic rings. The van der Waals surface area contributed by atoms with Crippen molar-refractivity contribution in [3.05, 3.63) is 42.2 Å². The zero-order chi connectivity index (χ0) is 18.2. The van der Waals surface area contributed by atoms with Crippen molar-refractivity contribution in [2.45, 2.75) is 0 Å².